The fraction of sp³-hybridized carbons (Fsp3) is 0.333. The highest BCUT2D eigenvalue weighted by Crippen LogP contribution is 2.37. The molecule has 1 aliphatic heterocycles. The number of nitrogens with zero attached hydrogens (tertiary/aromatic N) is 2. The number of hydrazone groups is 1. The molecule has 0 aliphatic carbocycles. The van der Waals surface area contributed by atoms with E-state index in [0.29, 0.717) is 24.7 Å². The number of fused-ring (bicyclic) bond motifs is 1. The van der Waals surface area contributed by atoms with E-state index < -0.39 is 4.92 Å². The number of hydrogen-bond acceptors (Lipinski definition) is 7. The lowest BCUT2D eigenvalue weighted by atomic mass is 10.1. The zero-order chi connectivity index (χ0) is 15.9. The minimum absolute atomic E-state index is 0.0405. The molecule has 0 saturated heterocycles. The molecule has 0 unspecified atom stereocenters. The van der Waals surface area contributed by atoms with Crippen LogP contribution in [0.15, 0.2) is 17.2 Å². The van der Waals surface area contributed by atoms with E-state index in [-0.39, 0.29) is 23.2 Å². The molecule has 0 bridgehead atoms. The normalized spacial score (nSPS) is 12.4. The number of nitro benzene ring substituents is 1. The Morgan fingerprint density at radius 2 is 2.27 bits per heavy atom. The number of nitro groups is 1. The molecule has 9 nitrogen and oxygen atoms in total. The molecule has 0 aromatic heterocycles. The van der Waals surface area contributed by atoms with E-state index in [1.54, 1.807) is 7.11 Å². The van der Waals surface area contributed by atoms with Crippen molar-refractivity contribution < 1.29 is 19.1 Å². The van der Waals surface area contributed by atoms with Crippen molar-refractivity contribution in [2.45, 2.75) is 0 Å². The van der Waals surface area contributed by atoms with Crippen LogP contribution in [0.25, 0.3) is 0 Å². The Morgan fingerprint density at radius 1 is 1.55 bits per heavy atom. The van der Waals surface area contributed by atoms with Crippen molar-refractivity contribution in [3.63, 3.8) is 0 Å². The van der Waals surface area contributed by atoms with Crippen molar-refractivity contribution in [1.82, 2.24) is 10.7 Å². The second-order valence-electron chi connectivity index (χ2n) is 4.14. The van der Waals surface area contributed by atoms with Gasteiger partial charge in [0.1, 0.15) is 0 Å². The Hall–Kier alpha value is -2.46. The summed E-state index contributed by atoms with van der Waals surface area (Å²) in [5.74, 6) is 0.779. The standard InChI is InChI=1S/C12H14N4O5S/c1-19-3-2-13-12(22)15-14-6-8-4-10-11(21-7-20-10)5-9(8)16(17)18/h4-6H,2-3,7H2,1H3,(H2,13,15,22). The van der Waals surface area contributed by atoms with Gasteiger partial charge in [-0.25, -0.2) is 0 Å². The molecule has 2 rings (SSSR count). The van der Waals surface area contributed by atoms with E-state index in [4.69, 9.17) is 26.4 Å². The average molecular weight is 326 g/mol. The van der Waals surface area contributed by atoms with Gasteiger partial charge in [-0.05, 0) is 18.3 Å². The van der Waals surface area contributed by atoms with Crippen molar-refractivity contribution in [2.75, 3.05) is 27.1 Å². The number of benzene rings is 1. The number of hydrogen-bond donors (Lipinski definition) is 2. The second kappa shape index (κ2) is 7.52. The van der Waals surface area contributed by atoms with Gasteiger partial charge in [0.05, 0.1) is 29.4 Å². The third-order valence-corrected chi connectivity index (χ3v) is 2.92. The topological polar surface area (TPSA) is 107 Å². The van der Waals surface area contributed by atoms with Gasteiger partial charge >= 0.3 is 0 Å². The molecule has 1 aromatic carbocycles. The molecule has 0 spiro atoms. The van der Waals surface area contributed by atoms with Crippen molar-refractivity contribution in [3.8, 4) is 11.5 Å². The number of nitrogens with one attached hydrogen (secondary N) is 2. The van der Waals surface area contributed by atoms with E-state index in [2.05, 4.69) is 15.8 Å². The van der Waals surface area contributed by atoms with Crippen LogP contribution in [0, 0.1) is 10.1 Å². The molecular weight excluding hydrogens is 312 g/mol. The Bertz CT molecular complexity index is 607. The quantitative estimate of drug-likeness (QED) is 0.259. The van der Waals surface area contributed by atoms with Crippen LogP contribution in [0.5, 0.6) is 11.5 Å². The van der Waals surface area contributed by atoms with Crippen LogP contribution in [-0.2, 0) is 4.74 Å². The molecule has 1 aromatic rings. The molecule has 2 N–H and O–H groups in total. The minimum atomic E-state index is -0.515. The Morgan fingerprint density at radius 3 is 2.95 bits per heavy atom. The lowest BCUT2D eigenvalue weighted by Gasteiger charge is -2.05. The van der Waals surface area contributed by atoms with E-state index in [9.17, 15) is 10.1 Å². The molecule has 0 saturated carbocycles. The summed E-state index contributed by atoms with van der Waals surface area (Å²) in [6.07, 6.45) is 1.30. The van der Waals surface area contributed by atoms with Crippen molar-refractivity contribution in [1.29, 1.82) is 0 Å². The first-order valence-corrected chi connectivity index (χ1v) is 6.66. The fourth-order valence-electron chi connectivity index (χ4n) is 1.68. The average Bonchev–Trinajstić information content (AvgIpc) is 2.93. The van der Waals surface area contributed by atoms with Crippen molar-refractivity contribution >= 4 is 29.2 Å². The highest BCUT2D eigenvalue weighted by Gasteiger charge is 2.22. The summed E-state index contributed by atoms with van der Waals surface area (Å²) in [6.45, 7) is 1.07. The van der Waals surface area contributed by atoms with Gasteiger partial charge in [0.25, 0.3) is 5.69 Å². The Balaban J connectivity index is 2.04. The van der Waals surface area contributed by atoms with Crippen molar-refractivity contribution in [3.05, 3.63) is 27.8 Å². The van der Waals surface area contributed by atoms with Gasteiger partial charge in [-0.15, -0.1) is 0 Å². The second-order valence-corrected chi connectivity index (χ2v) is 4.55. The lowest BCUT2D eigenvalue weighted by molar-refractivity contribution is -0.385. The predicted octanol–water partition coefficient (Wildman–Crippen LogP) is 0.768. The van der Waals surface area contributed by atoms with Crippen LogP contribution in [0.1, 0.15) is 5.56 Å². The van der Waals surface area contributed by atoms with Gasteiger partial charge in [0.15, 0.2) is 16.6 Å². The Kier molecular flexibility index (Phi) is 5.44. The summed E-state index contributed by atoms with van der Waals surface area (Å²) < 4.78 is 15.2. The van der Waals surface area contributed by atoms with Crippen LogP contribution in [0.3, 0.4) is 0 Å². The number of ether oxygens (including phenoxy) is 3. The largest absolute Gasteiger partial charge is 0.454 e. The van der Waals surface area contributed by atoms with Gasteiger partial charge in [-0.3, -0.25) is 15.5 Å². The number of methoxy groups -OCH3 is 1. The first kappa shape index (κ1) is 15.9. The molecule has 1 heterocycles. The number of thiocarbonyl (C=S) groups is 1. The van der Waals surface area contributed by atoms with Crippen LogP contribution >= 0.6 is 12.2 Å². The molecule has 1 aliphatic rings. The van der Waals surface area contributed by atoms with Gasteiger partial charge in [-0.1, -0.05) is 0 Å². The summed E-state index contributed by atoms with van der Waals surface area (Å²) in [7, 11) is 1.58. The van der Waals surface area contributed by atoms with E-state index in [0.717, 1.165) is 0 Å². The predicted molar refractivity (Wildman–Crippen MR) is 82.4 cm³/mol. The number of rotatable bonds is 6. The zero-order valence-electron chi connectivity index (χ0n) is 11.7. The molecule has 10 heteroatoms. The van der Waals surface area contributed by atoms with Gasteiger partial charge < -0.3 is 19.5 Å². The SMILES string of the molecule is COCCNC(=S)NN=Cc1cc2c(cc1[N+](=O)[O-])OCO2. The molecule has 0 radical (unpaired) electrons. The fourth-order valence-corrected chi connectivity index (χ4v) is 1.83. The maximum atomic E-state index is 11.1. The summed E-state index contributed by atoms with van der Waals surface area (Å²) in [5, 5.41) is 18.1. The van der Waals surface area contributed by atoms with Crippen LogP contribution in [-0.4, -0.2) is 43.3 Å². The van der Waals surface area contributed by atoms with E-state index >= 15 is 0 Å². The molecule has 22 heavy (non-hydrogen) atoms. The highest BCUT2D eigenvalue weighted by molar-refractivity contribution is 7.80. The third-order valence-electron chi connectivity index (χ3n) is 2.68. The zero-order valence-corrected chi connectivity index (χ0v) is 12.5. The lowest BCUT2D eigenvalue weighted by Crippen LogP contribution is -2.34. The first-order chi connectivity index (χ1) is 10.6. The molecule has 118 valence electrons. The smallest absolute Gasteiger partial charge is 0.282 e. The summed E-state index contributed by atoms with van der Waals surface area (Å²) in [6, 6.07) is 2.80. The van der Waals surface area contributed by atoms with E-state index in [1.165, 1.54) is 18.3 Å². The molecular formula is C12H14N4O5S. The third kappa shape index (κ3) is 4.02. The highest BCUT2D eigenvalue weighted by atomic mass is 32.1. The molecule has 0 amide bonds. The molecule has 0 atom stereocenters. The van der Waals surface area contributed by atoms with Gasteiger partial charge in [-0.2, -0.15) is 5.10 Å². The molecule has 0 fully saturated rings. The first-order valence-electron chi connectivity index (χ1n) is 6.25. The van der Waals surface area contributed by atoms with Crippen molar-refractivity contribution in [2.24, 2.45) is 5.10 Å². The summed E-state index contributed by atoms with van der Waals surface area (Å²) in [5.41, 5.74) is 2.71. The van der Waals surface area contributed by atoms with Gasteiger partial charge in [0, 0.05) is 13.7 Å². The monoisotopic (exact) mass is 326 g/mol. The van der Waals surface area contributed by atoms with Crippen LogP contribution in [0.2, 0.25) is 0 Å². The van der Waals surface area contributed by atoms with E-state index in [1.807, 2.05) is 0 Å². The Labute approximate surface area is 131 Å². The maximum Gasteiger partial charge on any atom is 0.282 e. The summed E-state index contributed by atoms with van der Waals surface area (Å²) in [4.78, 5) is 10.6. The van der Waals surface area contributed by atoms with Crippen LogP contribution in [0.4, 0.5) is 5.69 Å². The van der Waals surface area contributed by atoms with Crippen LogP contribution < -0.4 is 20.2 Å². The maximum absolute atomic E-state index is 11.1. The van der Waals surface area contributed by atoms with Gasteiger partial charge in [0.2, 0.25) is 6.79 Å². The minimum Gasteiger partial charge on any atom is -0.454 e. The summed E-state index contributed by atoms with van der Waals surface area (Å²) >= 11 is 4.98.